The van der Waals surface area contributed by atoms with Gasteiger partial charge in [-0.25, -0.2) is 0 Å². The van der Waals surface area contributed by atoms with Crippen LogP contribution in [0.15, 0.2) is 60.8 Å². The summed E-state index contributed by atoms with van der Waals surface area (Å²) in [6, 6.07) is 19.8. The van der Waals surface area contributed by atoms with Crippen molar-refractivity contribution in [1.29, 1.82) is 5.26 Å². The van der Waals surface area contributed by atoms with Gasteiger partial charge in [-0.1, -0.05) is 30.3 Å². The molecule has 2 aromatic carbocycles. The zero-order valence-electron chi connectivity index (χ0n) is 10.9. The van der Waals surface area contributed by atoms with E-state index >= 15 is 0 Å². The van der Waals surface area contributed by atoms with Gasteiger partial charge in [0.1, 0.15) is 0 Å². The number of pyridine rings is 1. The maximum atomic E-state index is 8.78. The van der Waals surface area contributed by atoms with Crippen molar-refractivity contribution in [1.82, 2.24) is 4.98 Å². The number of hydrogen-bond donors (Lipinski definition) is 1. The lowest BCUT2D eigenvalue weighted by molar-refractivity contribution is 1.15. The Morgan fingerprint density at radius 3 is 2.60 bits per heavy atom. The molecule has 0 aliphatic heterocycles. The maximum Gasteiger partial charge on any atom is 0.0991 e. The number of benzene rings is 2. The molecular weight excluding hydrogens is 246 g/mol. The summed E-state index contributed by atoms with van der Waals surface area (Å²) in [6.45, 7) is 0.722. The SMILES string of the molecule is N#Cc1ccc(CNc2ccnc3ccccc23)cc1. The Bertz CT molecular complexity index is 765. The van der Waals surface area contributed by atoms with Crippen LogP contribution in [0.5, 0.6) is 0 Å². The van der Waals surface area contributed by atoms with E-state index in [0.29, 0.717) is 5.56 Å². The third kappa shape index (κ3) is 2.45. The minimum absolute atomic E-state index is 0.683. The fourth-order valence-corrected chi connectivity index (χ4v) is 2.14. The summed E-state index contributed by atoms with van der Waals surface area (Å²) in [5.74, 6) is 0. The molecule has 0 saturated carbocycles. The molecule has 0 fully saturated rings. The molecule has 1 aromatic heterocycles. The summed E-state index contributed by atoms with van der Waals surface area (Å²) in [5.41, 5.74) is 3.88. The first-order valence-electron chi connectivity index (χ1n) is 6.43. The smallest absolute Gasteiger partial charge is 0.0991 e. The number of aromatic nitrogens is 1. The Morgan fingerprint density at radius 1 is 1.00 bits per heavy atom. The fourth-order valence-electron chi connectivity index (χ4n) is 2.14. The summed E-state index contributed by atoms with van der Waals surface area (Å²) in [7, 11) is 0. The highest BCUT2D eigenvalue weighted by Gasteiger charge is 2.01. The fraction of sp³-hybridized carbons (Fsp3) is 0.0588. The van der Waals surface area contributed by atoms with E-state index in [1.165, 1.54) is 0 Å². The van der Waals surface area contributed by atoms with Crippen LogP contribution in [-0.4, -0.2) is 4.98 Å². The van der Waals surface area contributed by atoms with Crippen LogP contribution >= 0.6 is 0 Å². The Hall–Kier alpha value is -2.86. The summed E-state index contributed by atoms with van der Waals surface area (Å²) in [5, 5.41) is 13.3. The Labute approximate surface area is 117 Å². The van der Waals surface area contributed by atoms with Crippen molar-refractivity contribution >= 4 is 16.6 Å². The molecule has 0 aliphatic rings. The zero-order chi connectivity index (χ0) is 13.8. The van der Waals surface area contributed by atoms with E-state index in [2.05, 4.69) is 22.4 Å². The molecule has 0 spiro atoms. The van der Waals surface area contributed by atoms with E-state index in [1.807, 2.05) is 54.7 Å². The summed E-state index contributed by atoms with van der Waals surface area (Å²) >= 11 is 0. The third-order valence-electron chi connectivity index (χ3n) is 3.22. The molecule has 0 atom stereocenters. The lowest BCUT2D eigenvalue weighted by Crippen LogP contribution is -2.00. The number of rotatable bonds is 3. The van der Waals surface area contributed by atoms with Crippen molar-refractivity contribution in [2.45, 2.75) is 6.54 Å². The van der Waals surface area contributed by atoms with E-state index in [0.717, 1.165) is 28.7 Å². The summed E-state index contributed by atoms with van der Waals surface area (Å²) in [4.78, 5) is 4.34. The van der Waals surface area contributed by atoms with Crippen molar-refractivity contribution in [3.05, 3.63) is 71.9 Å². The number of para-hydroxylation sites is 1. The van der Waals surface area contributed by atoms with Crippen LogP contribution in [0.1, 0.15) is 11.1 Å². The van der Waals surface area contributed by atoms with Crippen LogP contribution in [0.25, 0.3) is 10.9 Å². The van der Waals surface area contributed by atoms with Crippen LogP contribution in [0.2, 0.25) is 0 Å². The van der Waals surface area contributed by atoms with Gasteiger partial charge < -0.3 is 5.32 Å². The van der Waals surface area contributed by atoms with Crippen molar-refractivity contribution < 1.29 is 0 Å². The molecule has 0 saturated heterocycles. The van der Waals surface area contributed by atoms with Gasteiger partial charge in [-0.05, 0) is 29.8 Å². The molecule has 0 aliphatic carbocycles. The molecule has 20 heavy (non-hydrogen) atoms. The van der Waals surface area contributed by atoms with Gasteiger partial charge in [-0.15, -0.1) is 0 Å². The van der Waals surface area contributed by atoms with E-state index in [4.69, 9.17) is 5.26 Å². The molecule has 0 amide bonds. The first-order valence-corrected chi connectivity index (χ1v) is 6.43. The number of anilines is 1. The predicted octanol–water partition coefficient (Wildman–Crippen LogP) is 3.72. The van der Waals surface area contributed by atoms with Crippen molar-refractivity contribution in [2.75, 3.05) is 5.32 Å². The second-order valence-corrected chi connectivity index (χ2v) is 4.54. The number of hydrogen-bond acceptors (Lipinski definition) is 3. The Kier molecular flexibility index (Phi) is 3.30. The van der Waals surface area contributed by atoms with E-state index < -0.39 is 0 Å². The highest BCUT2D eigenvalue weighted by Crippen LogP contribution is 2.21. The first kappa shape index (κ1) is 12.2. The van der Waals surface area contributed by atoms with Gasteiger partial charge in [-0.3, -0.25) is 4.98 Å². The number of nitriles is 1. The lowest BCUT2D eigenvalue weighted by Gasteiger charge is -2.09. The number of fused-ring (bicyclic) bond motifs is 1. The van der Waals surface area contributed by atoms with Gasteiger partial charge in [0.2, 0.25) is 0 Å². The molecular formula is C17H13N3. The maximum absolute atomic E-state index is 8.78. The molecule has 1 heterocycles. The first-order chi connectivity index (χ1) is 9.86. The molecule has 0 unspecified atom stereocenters. The van der Waals surface area contributed by atoms with E-state index in [1.54, 1.807) is 0 Å². The van der Waals surface area contributed by atoms with Gasteiger partial charge in [0.15, 0.2) is 0 Å². The topological polar surface area (TPSA) is 48.7 Å². The van der Waals surface area contributed by atoms with Gasteiger partial charge in [-0.2, -0.15) is 5.26 Å². The quantitative estimate of drug-likeness (QED) is 0.779. The van der Waals surface area contributed by atoms with E-state index in [9.17, 15) is 0 Å². The standard InChI is InChI=1S/C17H13N3/c18-11-13-5-7-14(8-6-13)12-20-17-9-10-19-16-4-2-1-3-15(16)17/h1-10H,12H2,(H,19,20). The van der Waals surface area contributed by atoms with Crippen molar-refractivity contribution in [3.63, 3.8) is 0 Å². The third-order valence-corrected chi connectivity index (χ3v) is 3.22. The average molecular weight is 259 g/mol. The van der Waals surface area contributed by atoms with Gasteiger partial charge in [0, 0.05) is 23.8 Å². The van der Waals surface area contributed by atoms with E-state index in [-0.39, 0.29) is 0 Å². The minimum atomic E-state index is 0.683. The zero-order valence-corrected chi connectivity index (χ0v) is 10.9. The van der Waals surface area contributed by atoms with Gasteiger partial charge in [0.05, 0.1) is 17.1 Å². The number of nitrogens with zero attached hydrogens (tertiary/aromatic N) is 2. The minimum Gasteiger partial charge on any atom is -0.380 e. The largest absolute Gasteiger partial charge is 0.380 e. The lowest BCUT2D eigenvalue weighted by atomic mass is 10.1. The van der Waals surface area contributed by atoms with Crippen LogP contribution in [0.4, 0.5) is 5.69 Å². The van der Waals surface area contributed by atoms with Crippen LogP contribution in [-0.2, 0) is 6.54 Å². The van der Waals surface area contributed by atoms with Gasteiger partial charge >= 0.3 is 0 Å². The van der Waals surface area contributed by atoms with Crippen LogP contribution in [0.3, 0.4) is 0 Å². The summed E-state index contributed by atoms with van der Waals surface area (Å²) in [6.07, 6.45) is 1.81. The molecule has 1 N–H and O–H groups in total. The van der Waals surface area contributed by atoms with Crippen molar-refractivity contribution in [2.24, 2.45) is 0 Å². The molecule has 0 bridgehead atoms. The summed E-state index contributed by atoms with van der Waals surface area (Å²) < 4.78 is 0. The van der Waals surface area contributed by atoms with Gasteiger partial charge in [0.25, 0.3) is 0 Å². The number of nitrogens with one attached hydrogen (secondary N) is 1. The Balaban J connectivity index is 1.81. The molecule has 3 nitrogen and oxygen atoms in total. The molecule has 96 valence electrons. The average Bonchev–Trinajstić information content (AvgIpc) is 2.53. The monoisotopic (exact) mass is 259 g/mol. The molecule has 0 radical (unpaired) electrons. The predicted molar refractivity (Wildman–Crippen MR) is 80.2 cm³/mol. The van der Waals surface area contributed by atoms with Crippen LogP contribution in [0, 0.1) is 11.3 Å². The van der Waals surface area contributed by atoms with Crippen molar-refractivity contribution in [3.8, 4) is 6.07 Å². The molecule has 3 heteroatoms. The molecule has 3 rings (SSSR count). The highest BCUT2D eigenvalue weighted by molar-refractivity contribution is 5.90. The van der Waals surface area contributed by atoms with Crippen LogP contribution < -0.4 is 5.32 Å². The second-order valence-electron chi connectivity index (χ2n) is 4.54. The normalized spacial score (nSPS) is 10.2. The second kappa shape index (κ2) is 5.41. The highest BCUT2D eigenvalue weighted by atomic mass is 14.9. The Morgan fingerprint density at radius 2 is 1.80 bits per heavy atom. The molecule has 3 aromatic rings.